The van der Waals surface area contributed by atoms with Gasteiger partial charge in [-0.3, -0.25) is 9.48 Å². The van der Waals surface area contributed by atoms with Gasteiger partial charge in [-0.15, -0.1) is 0 Å². The van der Waals surface area contributed by atoms with E-state index < -0.39 is 0 Å². The maximum absolute atomic E-state index is 13.3. The Bertz CT molecular complexity index is 697. The van der Waals surface area contributed by atoms with Crippen LogP contribution in [0.4, 0.5) is 10.1 Å². The van der Waals surface area contributed by atoms with Crippen molar-refractivity contribution in [2.75, 3.05) is 31.6 Å². The van der Waals surface area contributed by atoms with Gasteiger partial charge in [0, 0.05) is 25.3 Å². The number of rotatable bonds is 5. The van der Waals surface area contributed by atoms with Gasteiger partial charge in [-0.2, -0.15) is 5.10 Å². The number of hydrogen-bond acceptors (Lipinski definition) is 4. The number of benzene rings is 1. The summed E-state index contributed by atoms with van der Waals surface area (Å²) in [5, 5.41) is 7.48. The molecule has 1 saturated heterocycles. The van der Waals surface area contributed by atoms with Gasteiger partial charge in [0.1, 0.15) is 12.4 Å². The first-order valence-electron chi connectivity index (χ1n) is 8.02. The van der Waals surface area contributed by atoms with E-state index in [0.717, 1.165) is 11.3 Å². The molecule has 0 saturated carbocycles. The minimum absolute atomic E-state index is 0.0335. The number of hydrogen-bond donors (Lipinski definition) is 1. The molecular formula is C17H21FN4O2. The topological polar surface area (TPSA) is 59.4 Å². The number of morpholine rings is 1. The minimum Gasteiger partial charge on any atom is -0.378 e. The van der Waals surface area contributed by atoms with Crippen molar-refractivity contribution in [3.63, 3.8) is 0 Å². The molecule has 0 aliphatic carbocycles. The summed E-state index contributed by atoms with van der Waals surface area (Å²) in [6, 6.07) is 6.42. The molecule has 1 N–H and O–H groups in total. The molecular weight excluding hydrogens is 311 g/mol. The van der Waals surface area contributed by atoms with Crippen LogP contribution in [0, 0.1) is 5.82 Å². The van der Waals surface area contributed by atoms with Crippen molar-refractivity contribution in [2.24, 2.45) is 0 Å². The van der Waals surface area contributed by atoms with Crippen LogP contribution in [0.2, 0.25) is 0 Å². The smallest absolute Gasteiger partial charge is 0.244 e. The first kappa shape index (κ1) is 16.4. The second kappa shape index (κ2) is 7.44. The van der Waals surface area contributed by atoms with Gasteiger partial charge in [-0.1, -0.05) is 12.1 Å². The van der Waals surface area contributed by atoms with E-state index in [-0.39, 0.29) is 24.3 Å². The van der Waals surface area contributed by atoms with Gasteiger partial charge >= 0.3 is 0 Å². The third-order valence-electron chi connectivity index (χ3n) is 4.03. The van der Waals surface area contributed by atoms with Crippen molar-refractivity contribution >= 4 is 11.6 Å². The number of carbonyl (C=O) groups is 1. The molecule has 0 unspecified atom stereocenters. The van der Waals surface area contributed by atoms with E-state index in [4.69, 9.17) is 4.74 Å². The van der Waals surface area contributed by atoms with Crippen LogP contribution < -0.4 is 5.32 Å². The zero-order valence-electron chi connectivity index (χ0n) is 13.6. The molecule has 1 aromatic carbocycles. The first-order valence-corrected chi connectivity index (χ1v) is 8.02. The van der Waals surface area contributed by atoms with E-state index >= 15 is 0 Å². The SMILES string of the molecule is C[C@@H](Nc1cnn(CC(=O)N2CCOCC2)c1)c1cccc(F)c1. The fraction of sp³-hybridized carbons (Fsp3) is 0.412. The van der Waals surface area contributed by atoms with Crippen LogP contribution in [0.15, 0.2) is 36.7 Å². The summed E-state index contributed by atoms with van der Waals surface area (Å²) in [5.41, 5.74) is 1.65. The zero-order valence-corrected chi connectivity index (χ0v) is 13.6. The maximum Gasteiger partial charge on any atom is 0.244 e. The van der Waals surface area contributed by atoms with Gasteiger partial charge in [0.2, 0.25) is 5.91 Å². The lowest BCUT2D eigenvalue weighted by atomic mass is 10.1. The average Bonchev–Trinajstić information content (AvgIpc) is 3.02. The first-order chi connectivity index (χ1) is 11.6. The summed E-state index contributed by atoms with van der Waals surface area (Å²) in [6.45, 7) is 4.58. The predicted octanol–water partition coefficient (Wildman–Crippen LogP) is 2.05. The van der Waals surface area contributed by atoms with Gasteiger partial charge < -0.3 is 15.0 Å². The highest BCUT2D eigenvalue weighted by Gasteiger charge is 2.17. The Balaban J connectivity index is 1.58. The lowest BCUT2D eigenvalue weighted by molar-refractivity contribution is -0.136. The Labute approximate surface area is 140 Å². The van der Waals surface area contributed by atoms with Gasteiger partial charge in [-0.25, -0.2) is 4.39 Å². The molecule has 24 heavy (non-hydrogen) atoms. The monoisotopic (exact) mass is 332 g/mol. The second-order valence-corrected chi connectivity index (χ2v) is 5.84. The molecule has 2 aromatic rings. The van der Waals surface area contributed by atoms with E-state index in [9.17, 15) is 9.18 Å². The number of nitrogens with zero attached hydrogens (tertiary/aromatic N) is 3. The Morgan fingerprint density at radius 3 is 2.96 bits per heavy atom. The molecule has 7 heteroatoms. The maximum atomic E-state index is 13.3. The van der Waals surface area contributed by atoms with Crippen LogP contribution in [-0.4, -0.2) is 46.9 Å². The number of ether oxygens (including phenoxy) is 1. The van der Waals surface area contributed by atoms with Crippen LogP contribution in [0.5, 0.6) is 0 Å². The lowest BCUT2D eigenvalue weighted by Crippen LogP contribution is -2.42. The summed E-state index contributed by atoms with van der Waals surface area (Å²) in [7, 11) is 0. The quantitative estimate of drug-likeness (QED) is 0.910. The van der Waals surface area contributed by atoms with Gasteiger partial charge in [0.15, 0.2) is 0 Å². The molecule has 0 bridgehead atoms. The largest absolute Gasteiger partial charge is 0.378 e. The third kappa shape index (κ3) is 4.11. The van der Waals surface area contributed by atoms with Crippen molar-refractivity contribution in [2.45, 2.75) is 19.5 Å². The zero-order chi connectivity index (χ0) is 16.9. The van der Waals surface area contributed by atoms with E-state index in [1.807, 2.05) is 13.0 Å². The number of nitrogens with one attached hydrogen (secondary N) is 1. The number of carbonyl (C=O) groups excluding carboxylic acids is 1. The van der Waals surface area contributed by atoms with Crippen LogP contribution in [-0.2, 0) is 16.1 Å². The van der Waals surface area contributed by atoms with Crippen LogP contribution in [0.1, 0.15) is 18.5 Å². The van der Waals surface area contributed by atoms with Gasteiger partial charge in [0.25, 0.3) is 0 Å². The standard InChI is InChI=1S/C17H21FN4O2/c1-13(14-3-2-4-15(18)9-14)20-16-10-19-22(11-16)12-17(23)21-5-7-24-8-6-21/h2-4,9-11,13,20H,5-8,12H2,1H3/t13-/m1/s1. The molecule has 128 valence electrons. The van der Waals surface area contributed by atoms with Crippen LogP contribution in [0.25, 0.3) is 0 Å². The minimum atomic E-state index is -0.257. The molecule has 1 aliphatic heterocycles. The molecule has 3 rings (SSSR count). The summed E-state index contributed by atoms with van der Waals surface area (Å²) in [5.74, 6) is -0.223. The van der Waals surface area contributed by atoms with Gasteiger partial charge in [0.05, 0.1) is 25.1 Å². The molecule has 2 heterocycles. The van der Waals surface area contributed by atoms with E-state index in [1.54, 1.807) is 28.0 Å². The summed E-state index contributed by atoms with van der Waals surface area (Å²) in [6.07, 6.45) is 3.45. The average molecular weight is 332 g/mol. The van der Waals surface area contributed by atoms with Crippen molar-refractivity contribution in [3.05, 3.63) is 48.0 Å². The molecule has 1 atom stereocenters. The Morgan fingerprint density at radius 1 is 1.42 bits per heavy atom. The highest BCUT2D eigenvalue weighted by Crippen LogP contribution is 2.19. The molecule has 1 aliphatic rings. The van der Waals surface area contributed by atoms with Crippen molar-refractivity contribution in [1.82, 2.24) is 14.7 Å². The fourth-order valence-electron chi connectivity index (χ4n) is 2.69. The molecule has 0 spiro atoms. The number of aromatic nitrogens is 2. The van der Waals surface area contributed by atoms with E-state index in [1.165, 1.54) is 12.1 Å². The highest BCUT2D eigenvalue weighted by atomic mass is 19.1. The Hall–Kier alpha value is -2.41. The van der Waals surface area contributed by atoms with Crippen molar-refractivity contribution in [3.8, 4) is 0 Å². The second-order valence-electron chi connectivity index (χ2n) is 5.84. The lowest BCUT2D eigenvalue weighted by Gasteiger charge is -2.26. The Kier molecular flexibility index (Phi) is 5.10. The Morgan fingerprint density at radius 2 is 2.21 bits per heavy atom. The van der Waals surface area contributed by atoms with Crippen molar-refractivity contribution in [1.29, 1.82) is 0 Å². The van der Waals surface area contributed by atoms with E-state index in [0.29, 0.717) is 26.3 Å². The fourth-order valence-corrected chi connectivity index (χ4v) is 2.69. The molecule has 6 nitrogen and oxygen atoms in total. The predicted molar refractivity (Wildman–Crippen MR) is 88.1 cm³/mol. The highest BCUT2D eigenvalue weighted by molar-refractivity contribution is 5.76. The summed E-state index contributed by atoms with van der Waals surface area (Å²) in [4.78, 5) is 14.0. The molecule has 1 amide bonds. The van der Waals surface area contributed by atoms with Crippen LogP contribution >= 0.6 is 0 Å². The molecule has 1 fully saturated rings. The third-order valence-corrected chi connectivity index (χ3v) is 4.03. The summed E-state index contributed by atoms with van der Waals surface area (Å²) < 4.78 is 20.2. The van der Waals surface area contributed by atoms with Crippen molar-refractivity contribution < 1.29 is 13.9 Å². The number of anilines is 1. The number of halogens is 1. The van der Waals surface area contributed by atoms with Crippen LogP contribution in [0.3, 0.4) is 0 Å². The number of amides is 1. The molecule has 1 aromatic heterocycles. The normalized spacial score (nSPS) is 16.0. The van der Waals surface area contributed by atoms with Gasteiger partial charge in [-0.05, 0) is 24.6 Å². The van der Waals surface area contributed by atoms with E-state index in [2.05, 4.69) is 10.4 Å². The molecule has 0 radical (unpaired) electrons. The summed E-state index contributed by atoms with van der Waals surface area (Å²) >= 11 is 0.